The highest BCUT2D eigenvalue weighted by Gasteiger charge is 2.30. The van der Waals surface area contributed by atoms with Crippen LogP contribution in [0.4, 0.5) is 10.1 Å². The molecule has 2 amide bonds. The molecule has 0 aliphatic rings. The number of carbonyl (C=O) groups is 2. The number of hydrogen-bond donors (Lipinski definition) is 1. The van der Waals surface area contributed by atoms with Crippen molar-refractivity contribution in [2.45, 2.75) is 26.4 Å². The van der Waals surface area contributed by atoms with E-state index < -0.39 is 34.3 Å². The highest BCUT2D eigenvalue weighted by atomic mass is 79.9. The summed E-state index contributed by atoms with van der Waals surface area (Å²) in [4.78, 5) is 27.0. The third-order valence-corrected chi connectivity index (χ3v) is 6.18. The summed E-state index contributed by atoms with van der Waals surface area (Å²) < 4.78 is 40.5. The molecule has 0 fully saturated rings. The molecule has 0 aliphatic carbocycles. The molecule has 0 bridgehead atoms. The molecule has 1 atom stereocenters. The second-order valence-corrected chi connectivity index (χ2v) is 9.77. The van der Waals surface area contributed by atoms with E-state index in [4.69, 9.17) is 0 Å². The molecule has 1 N–H and O–H groups in total. The van der Waals surface area contributed by atoms with Crippen LogP contribution in [0.25, 0.3) is 0 Å². The molecular formula is C21H25BrFN3O4S. The highest BCUT2D eigenvalue weighted by Crippen LogP contribution is 2.22. The van der Waals surface area contributed by atoms with Crippen molar-refractivity contribution < 1.29 is 22.4 Å². The molecule has 31 heavy (non-hydrogen) atoms. The molecule has 0 heterocycles. The fourth-order valence-corrected chi connectivity index (χ4v) is 4.28. The van der Waals surface area contributed by atoms with Gasteiger partial charge in [0.05, 0.1) is 11.9 Å². The van der Waals surface area contributed by atoms with Crippen molar-refractivity contribution in [2.75, 3.05) is 23.7 Å². The van der Waals surface area contributed by atoms with Crippen LogP contribution in [-0.2, 0) is 26.2 Å². The lowest BCUT2D eigenvalue weighted by Gasteiger charge is -2.31. The second-order valence-electron chi connectivity index (χ2n) is 6.94. The van der Waals surface area contributed by atoms with E-state index in [1.807, 2.05) is 6.07 Å². The normalized spacial score (nSPS) is 12.2. The molecule has 168 valence electrons. The van der Waals surface area contributed by atoms with Crippen LogP contribution >= 0.6 is 15.9 Å². The lowest BCUT2D eigenvalue weighted by atomic mass is 10.1. The maximum atomic E-state index is 14.3. The predicted molar refractivity (Wildman–Crippen MR) is 121 cm³/mol. The van der Waals surface area contributed by atoms with E-state index in [1.54, 1.807) is 32.0 Å². The number of hydrogen-bond acceptors (Lipinski definition) is 4. The van der Waals surface area contributed by atoms with E-state index in [0.717, 1.165) is 22.4 Å². The Hall–Kier alpha value is -2.46. The van der Waals surface area contributed by atoms with Gasteiger partial charge < -0.3 is 10.2 Å². The first-order chi connectivity index (χ1) is 14.5. The Labute approximate surface area is 190 Å². The summed E-state index contributed by atoms with van der Waals surface area (Å²) in [5.41, 5.74) is 0.516. The SMILES string of the molecule is CCNC(=O)[C@@H](C)N(Cc1cccc(Br)c1)C(=O)CN(c1ccccc1F)S(C)(=O)=O. The first-order valence-corrected chi connectivity index (χ1v) is 12.2. The summed E-state index contributed by atoms with van der Waals surface area (Å²) in [5.74, 6) is -1.77. The third-order valence-electron chi connectivity index (χ3n) is 4.56. The summed E-state index contributed by atoms with van der Waals surface area (Å²) in [7, 11) is -3.97. The highest BCUT2D eigenvalue weighted by molar-refractivity contribution is 9.10. The fraction of sp³-hybridized carbons (Fsp3) is 0.333. The minimum absolute atomic E-state index is 0.0748. The molecule has 0 saturated heterocycles. The molecule has 2 aromatic carbocycles. The molecule has 2 aromatic rings. The molecule has 0 aromatic heterocycles. The number of nitrogens with zero attached hydrogens (tertiary/aromatic N) is 2. The summed E-state index contributed by atoms with van der Waals surface area (Å²) in [6.45, 7) is 3.14. The topological polar surface area (TPSA) is 86.8 Å². The maximum absolute atomic E-state index is 14.3. The number of anilines is 1. The van der Waals surface area contributed by atoms with Gasteiger partial charge in [-0.1, -0.05) is 40.2 Å². The number of halogens is 2. The first kappa shape index (κ1) is 24.8. The van der Waals surface area contributed by atoms with Gasteiger partial charge >= 0.3 is 0 Å². The smallest absolute Gasteiger partial charge is 0.244 e. The number of carbonyl (C=O) groups excluding carboxylic acids is 2. The molecule has 7 nitrogen and oxygen atoms in total. The zero-order chi connectivity index (χ0) is 23.2. The predicted octanol–water partition coefficient (Wildman–Crippen LogP) is 2.91. The number of benzene rings is 2. The summed E-state index contributed by atoms with van der Waals surface area (Å²) in [6.07, 6.45) is 0.901. The third kappa shape index (κ3) is 6.76. The van der Waals surface area contributed by atoms with Gasteiger partial charge in [-0.15, -0.1) is 0 Å². The van der Waals surface area contributed by atoms with E-state index in [2.05, 4.69) is 21.2 Å². The van der Waals surface area contributed by atoms with Crippen LogP contribution in [-0.4, -0.2) is 50.5 Å². The Kier molecular flexibility index (Phi) is 8.58. The Morgan fingerprint density at radius 1 is 1.16 bits per heavy atom. The van der Waals surface area contributed by atoms with Gasteiger partial charge in [0.1, 0.15) is 18.4 Å². The Morgan fingerprint density at radius 2 is 1.84 bits per heavy atom. The van der Waals surface area contributed by atoms with Crippen molar-refractivity contribution in [2.24, 2.45) is 0 Å². The maximum Gasteiger partial charge on any atom is 0.244 e. The van der Waals surface area contributed by atoms with Gasteiger partial charge in [0.2, 0.25) is 21.8 Å². The minimum atomic E-state index is -3.97. The van der Waals surface area contributed by atoms with Crippen molar-refractivity contribution >= 4 is 43.5 Å². The van der Waals surface area contributed by atoms with E-state index in [1.165, 1.54) is 23.1 Å². The summed E-state index contributed by atoms with van der Waals surface area (Å²) in [6, 6.07) is 11.7. The Bertz CT molecular complexity index is 1050. The van der Waals surface area contributed by atoms with Gasteiger partial charge in [-0.25, -0.2) is 12.8 Å². The van der Waals surface area contributed by atoms with E-state index in [9.17, 15) is 22.4 Å². The van der Waals surface area contributed by atoms with Crippen molar-refractivity contribution in [3.8, 4) is 0 Å². The van der Waals surface area contributed by atoms with Gasteiger partial charge in [0.15, 0.2) is 0 Å². The van der Waals surface area contributed by atoms with Crippen molar-refractivity contribution in [3.05, 3.63) is 64.4 Å². The molecule has 0 saturated carbocycles. The van der Waals surface area contributed by atoms with E-state index in [-0.39, 0.29) is 18.1 Å². The zero-order valence-corrected chi connectivity index (χ0v) is 19.9. The number of nitrogens with one attached hydrogen (secondary N) is 1. The van der Waals surface area contributed by atoms with Crippen LogP contribution in [0.3, 0.4) is 0 Å². The first-order valence-electron chi connectivity index (χ1n) is 9.58. The summed E-state index contributed by atoms with van der Waals surface area (Å²) in [5, 5.41) is 2.67. The van der Waals surface area contributed by atoms with Gasteiger partial charge in [-0.05, 0) is 43.7 Å². The second kappa shape index (κ2) is 10.7. The van der Waals surface area contributed by atoms with Gasteiger partial charge in [0, 0.05) is 17.6 Å². The van der Waals surface area contributed by atoms with Gasteiger partial charge in [0.25, 0.3) is 0 Å². The average molecular weight is 514 g/mol. The van der Waals surface area contributed by atoms with Crippen LogP contribution in [0, 0.1) is 5.82 Å². The molecule has 0 unspecified atom stereocenters. The molecule has 0 spiro atoms. The quantitative estimate of drug-likeness (QED) is 0.558. The molecule has 10 heteroatoms. The number of likely N-dealkylation sites (N-methyl/N-ethyl adjacent to an activating group) is 1. The standard InChI is InChI=1S/C21H25BrFN3O4S/c1-4-24-21(28)15(2)25(13-16-8-7-9-17(22)12-16)20(27)14-26(31(3,29)30)19-11-6-5-10-18(19)23/h5-12,15H,4,13-14H2,1-3H3,(H,24,28)/t15-/m1/s1. The van der Waals surface area contributed by atoms with Crippen LogP contribution < -0.4 is 9.62 Å². The molecule has 0 radical (unpaired) electrons. The largest absolute Gasteiger partial charge is 0.355 e. The fourth-order valence-electron chi connectivity index (χ4n) is 2.99. The van der Waals surface area contributed by atoms with Crippen LogP contribution in [0.15, 0.2) is 53.0 Å². The van der Waals surface area contributed by atoms with E-state index in [0.29, 0.717) is 10.8 Å². The molecular weight excluding hydrogens is 489 g/mol. The van der Waals surface area contributed by atoms with Crippen LogP contribution in [0.1, 0.15) is 19.4 Å². The lowest BCUT2D eigenvalue weighted by Crippen LogP contribution is -2.51. The Balaban J connectivity index is 2.40. The zero-order valence-electron chi connectivity index (χ0n) is 17.5. The van der Waals surface area contributed by atoms with Gasteiger partial charge in [-0.3, -0.25) is 13.9 Å². The Morgan fingerprint density at radius 3 is 2.42 bits per heavy atom. The molecule has 2 rings (SSSR count). The lowest BCUT2D eigenvalue weighted by molar-refractivity contribution is -0.139. The summed E-state index contributed by atoms with van der Waals surface area (Å²) >= 11 is 3.37. The molecule has 0 aliphatic heterocycles. The van der Waals surface area contributed by atoms with Gasteiger partial charge in [-0.2, -0.15) is 0 Å². The van der Waals surface area contributed by atoms with Crippen LogP contribution in [0.2, 0.25) is 0 Å². The minimum Gasteiger partial charge on any atom is -0.355 e. The van der Waals surface area contributed by atoms with Crippen molar-refractivity contribution in [1.29, 1.82) is 0 Å². The number of para-hydroxylation sites is 1. The van der Waals surface area contributed by atoms with Crippen molar-refractivity contribution in [1.82, 2.24) is 10.2 Å². The monoisotopic (exact) mass is 513 g/mol. The van der Waals surface area contributed by atoms with Crippen molar-refractivity contribution in [3.63, 3.8) is 0 Å². The number of sulfonamides is 1. The number of amides is 2. The average Bonchev–Trinajstić information content (AvgIpc) is 2.69. The number of rotatable bonds is 9. The van der Waals surface area contributed by atoms with E-state index >= 15 is 0 Å². The van der Waals surface area contributed by atoms with Crippen LogP contribution in [0.5, 0.6) is 0 Å².